The molecule has 1 saturated heterocycles. The summed E-state index contributed by atoms with van der Waals surface area (Å²) in [5.74, 6) is -1.98. The molecule has 8 heteroatoms. The van der Waals surface area contributed by atoms with E-state index in [4.69, 9.17) is 4.74 Å². The second kappa shape index (κ2) is 7.49. The minimum Gasteiger partial charge on any atom is -0.381 e. The Hall–Kier alpha value is -1.35. The highest BCUT2D eigenvalue weighted by molar-refractivity contribution is 7.88. The lowest BCUT2D eigenvalue weighted by molar-refractivity contribution is 0.0529. The van der Waals surface area contributed by atoms with E-state index in [0.717, 1.165) is 23.1 Å². The SMILES string of the molecule is O=S(=O)(Cc1cc(F)ccc1F)NCC1(c2cccs2)CCOCC1. The van der Waals surface area contributed by atoms with Gasteiger partial charge >= 0.3 is 0 Å². The van der Waals surface area contributed by atoms with Crippen molar-refractivity contribution in [2.24, 2.45) is 0 Å². The molecule has 0 spiro atoms. The predicted octanol–water partition coefficient (Wildman–Crippen LogP) is 3.19. The van der Waals surface area contributed by atoms with Crippen molar-refractivity contribution in [3.8, 4) is 0 Å². The standard InChI is InChI=1S/C17H19F2NO3S2/c18-14-3-4-15(19)13(10-14)11-25(21,22)20-12-17(5-7-23-8-6-17)16-2-1-9-24-16/h1-4,9-10,20H,5-8,11-12H2. The molecule has 1 aromatic carbocycles. The van der Waals surface area contributed by atoms with Gasteiger partial charge in [0.1, 0.15) is 11.6 Å². The molecular weight excluding hydrogens is 368 g/mol. The van der Waals surface area contributed by atoms with Crippen molar-refractivity contribution in [2.75, 3.05) is 19.8 Å². The molecule has 0 amide bonds. The molecule has 0 saturated carbocycles. The molecule has 0 aliphatic carbocycles. The van der Waals surface area contributed by atoms with Crippen LogP contribution in [-0.2, 0) is 25.9 Å². The van der Waals surface area contributed by atoms with Crippen molar-refractivity contribution in [1.82, 2.24) is 4.72 Å². The first-order valence-electron chi connectivity index (χ1n) is 7.93. The summed E-state index contributed by atoms with van der Waals surface area (Å²) in [4.78, 5) is 1.11. The Morgan fingerprint density at radius 2 is 1.96 bits per heavy atom. The first-order valence-corrected chi connectivity index (χ1v) is 10.5. The van der Waals surface area contributed by atoms with Gasteiger partial charge in [-0.3, -0.25) is 0 Å². The average Bonchev–Trinajstić information content (AvgIpc) is 3.12. The molecule has 1 aromatic heterocycles. The molecule has 2 aromatic rings. The normalized spacial score (nSPS) is 17.5. The second-order valence-electron chi connectivity index (χ2n) is 6.19. The number of sulfonamides is 1. The van der Waals surface area contributed by atoms with Gasteiger partial charge in [0, 0.05) is 35.6 Å². The van der Waals surface area contributed by atoms with Crippen LogP contribution < -0.4 is 4.72 Å². The summed E-state index contributed by atoms with van der Waals surface area (Å²) in [6, 6.07) is 6.75. The van der Waals surface area contributed by atoms with Gasteiger partial charge in [-0.2, -0.15) is 0 Å². The van der Waals surface area contributed by atoms with Crippen molar-refractivity contribution in [3.05, 3.63) is 57.8 Å². The molecule has 25 heavy (non-hydrogen) atoms. The highest BCUT2D eigenvalue weighted by Crippen LogP contribution is 2.37. The molecule has 0 radical (unpaired) electrons. The van der Waals surface area contributed by atoms with Gasteiger partial charge in [-0.25, -0.2) is 21.9 Å². The summed E-state index contributed by atoms with van der Waals surface area (Å²) in [5, 5.41) is 1.96. The van der Waals surface area contributed by atoms with Crippen LogP contribution in [0.5, 0.6) is 0 Å². The molecule has 0 bridgehead atoms. The fourth-order valence-electron chi connectivity index (χ4n) is 3.01. The Kier molecular flexibility index (Phi) is 5.52. The lowest BCUT2D eigenvalue weighted by Gasteiger charge is -2.36. The van der Waals surface area contributed by atoms with E-state index >= 15 is 0 Å². The molecule has 1 fully saturated rings. The number of benzene rings is 1. The Bertz CT molecular complexity index is 816. The van der Waals surface area contributed by atoms with E-state index in [2.05, 4.69) is 4.72 Å². The lowest BCUT2D eigenvalue weighted by atomic mass is 9.79. The van der Waals surface area contributed by atoms with Gasteiger partial charge in [0.25, 0.3) is 0 Å². The monoisotopic (exact) mass is 387 g/mol. The van der Waals surface area contributed by atoms with Gasteiger partial charge in [-0.15, -0.1) is 11.3 Å². The largest absolute Gasteiger partial charge is 0.381 e. The number of hydrogen-bond donors (Lipinski definition) is 1. The maximum Gasteiger partial charge on any atom is 0.215 e. The van der Waals surface area contributed by atoms with Crippen molar-refractivity contribution < 1.29 is 21.9 Å². The number of nitrogens with one attached hydrogen (secondary N) is 1. The zero-order chi connectivity index (χ0) is 17.9. The topological polar surface area (TPSA) is 55.4 Å². The summed E-state index contributed by atoms with van der Waals surface area (Å²) in [6.45, 7) is 1.35. The van der Waals surface area contributed by atoms with Crippen LogP contribution in [0.1, 0.15) is 23.3 Å². The Morgan fingerprint density at radius 3 is 2.64 bits per heavy atom. The summed E-state index contributed by atoms with van der Waals surface area (Å²) in [7, 11) is -3.80. The van der Waals surface area contributed by atoms with E-state index in [1.54, 1.807) is 11.3 Å². The van der Waals surface area contributed by atoms with Crippen LogP contribution in [0, 0.1) is 11.6 Å². The van der Waals surface area contributed by atoms with Gasteiger partial charge in [-0.05, 0) is 42.5 Å². The zero-order valence-corrected chi connectivity index (χ0v) is 15.1. The quantitative estimate of drug-likeness (QED) is 0.828. The lowest BCUT2D eigenvalue weighted by Crippen LogP contribution is -2.44. The molecule has 136 valence electrons. The van der Waals surface area contributed by atoms with Crippen LogP contribution >= 0.6 is 11.3 Å². The molecule has 3 rings (SSSR count). The van der Waals surface area contributed by atoms with Crippen LogP contribution in [0.25, 0.3) is 0 Å². The molecule has 2 heterocycles. The third-order valence-electron chi connectivity index (χ3n) is 4.48. The Morgan fingerprint density at radius 1 is 1.20 bits per heavy atom. The van der Waals surface area contributed by atoms with Gasteiger partial charge < -0.3 is 4.74 Å². The summed E-state index contributed by atoms with van der Waals surface area (Å²) < 4.78 is 59.8. The van der Waals surface area contributed by atoms with Gasteiger partial charge in [0.15, 0.2) is 0 Å². The summed E-state index contributed by atoms with van der Waals surface area (Å²) in [5.41, 5.74) is -0.496. The van der Waals surface area contributed by atoms with E-state index < -0.39 is 27.4 Å². The molecule has 0 unspecified atom stereocenters. The van der Waals surface area contributed by atoms with Gasteiger partial charge in [0.05, 0.1) is 5.75 Å². The van der Waals surface area contributed by atoms with E-state index in [9.17, 15) is 17.2 Å². The van der Waals surface area contributed by atoms with Crippen LogP contribution in [0.15, 0.2) is 35.7 Å². The first kappa shape index (κ1) is 18.4. The van der Waals surface area contributed by atoms with Gasteiger partial charge in [0.2, 0.25) is 10.0 Å². The van der Waals surface area contributed by atoms with Crippen LogP contribution in [0.4, 0.5) is 8.78 Å². The van der Waals surface area contributed by atoms with Crippen molar-refractivity contribution in [1.29, 1.82) is 0 Å². The third-order valence-corrected chi connectivity index (χ3v) is 6.87. The molecule has 1 aliphatic rings. The maximum atomic E-state index is 13.7. The van der Waals surface area contributed by atoms with Crippen LogP contribution in [-0.4, -0.2) is 28.2 Å². The summed E-state index contributed by atoms with van der Waals surface area (Å²) in [6.07, 6.45) is 1.43. The molecule has 4 nitrogen and oxygen atoms in total. The molecule has 1 aliphatic heterocycles. The Labute approximate surface area is 149 Å². The number of halogens is 2. The van der Waals surface area contributed by atoms with Crippen molar-refractivity contribution in [3.63, 3.8) is 0 Å². The fourth-order valence-corrected chi connectivity index (χ4v) is 5.23. The number of rotatable bonds is 6. The maximum absolute atomic E-state index is 13.7. The van der Waals surface area contributed by atoms with E-state index in [1.807, 2.05) is 17.5 Å². The van der Waals surface area contributed by atoms with Crippen LogP contribution in [0.3, 0.4) is 0 Å². The number of hydrogen-bond acceptors (Lipinski definition) is 4. The van der Waals surface area contributed by atoms with E-state index in [0.29, 0.717) is 26.1 Å². The van der Waals surface area contributed by atoms with E-state index in [1.165, 1.54) is 0 Å². The predicted molar refractivity (Wildman–Crippen MR) is 93.0 cm³/mol. The highest BCUT2D eigenvalue weighted by atomic mass is 32.2. The van der Waals surface area contributed by atoms with Crippen molar-refractivity contribution >= 4 is 21.4 Å². The average molecular weight is 387 g/mol. The minimum atomic E-state index is -3.80. The number of thiophene rings is 1. The molecule has 1 N–H and O–H groups in total. The second-order valence-corrected chi connectivity index (χ2v) is 8.94. The third kappa shape index (κ3) is 4.44. The Balaban J connectivity index is 1.75. The van der Waals surface area contributed by atoms with Gasteiger partial charge in [-0.1, -0.05) is 6.07 Å². The number of ether oxygens (including phenoxy) is 1. The molecule has 0 atom stereocenters. The molecular formula is C17H19F2NO3S2. The minimum absolute atomic E-state index is 0.176. The zero-order valence-electron chi connectivity index (χ0n) is 13.5. The smallest absolute Gasteiger partial charge is 0.215 e. The van der Waals surface area contributed by atoms with Crippen LogP contribution in [0.2, 0.25) is 0 Å². The van der Waals surface area contributed by atoms with Crippen molar-refractivity contribution in [2.45, 2.75) is 24.0 Å². The highest BCUT2D eigenvalue weighted by Gasteiger charge is 2.36. The van der Waals surface area contributed by atoms with E-state index in [-0.39, 0.29) is 17.5 Å². The first-order chi connectivity index (χ1) is 11.9. The summed E-state index contributed by atoms with van der Waals surface area (Å²) >= 11 is 1.59. The fraction of sp³-hybridized carbons (Fsp3) is 0.412.